The summed E-state index contributed by atoms with van der Waals surface area (Å²) in [6.07, 6.45) is 6.71. The number of nitrogens with zero attached hydrogens (tertiary/aromatic N) is 1. The van der Waals surface area contributed by atoms with Crippen molar-refractivity contribution in [3.8, 4) is 0 Å². The van der Waals surface area contributed by atoms with E-state index in [1.165, 1.54) is 35.3 Å². The fourth-order valence-corrected chi connectivity index (χ4v) is 4.95. The first-order chi connectivity index (χ1) is 11.6. The van der Waals surface area contributed by atoms with Gasteiger partial charge in [0.15, 0.2) is 0 Å². The van der Waals surface area contributed by atoms with Crippen molar-refractivity contribution in [1.82, 2.24) is 10.3 Å². The van der Waals surface area contributed by atoms with Crippen molar-refractivity contribution in [2.24, 2.45) is 0 Å². The van der Waals surface area contributed by atoms with Gasteiger partial charge >= 0.3 is 0 Å². The number of nitrogens with one attached hydrogen (secondary N) is 1. The Morgan fingerprint density at radius 2 is 2.12 bits per heavy atom. The van der Waals surface area contributed by atoms with Gasteiger partial charge in [-0.15, -0.1) is 11.3 Å². The molecule has 1 aliphatic heterocycles. The summed E-state index contributed by atoms with van der Waals surface area (Å²) >= 11 is 1.41. The van der Waals surface area contributed by atoms with Crippen LogP contribution >= 0.6 is 11.3 Å². The van der Waals surface area contributed by atoms with E-state index in [1.807, 2.05) is 0 Å². The number of amides is 1. The van der Waals surface area contributed by atoms with Crippen LogP contribution in [0, 0.1) is 6.92 Å². The van der Waals surface area contributed by atoms with Gasteiger partial charge in [0.2, 0.25) is 0 Å². The monoisotopic (exact) mass is 345 g/mol. The summed E-state index contributed by atoms with van der Waals surface area (Å²) in [5.41, 5.74) is 10.7. The number of rotatable bonds is 3. The van der Waals surface area contributed by atoms with E-state index in [4.69, 9.17) is 15.5 Å². The van der Waals surface area contributed by atoms with Gasteiger partial charge in [-0.1, -0.05) is 0 Å². The predicted molar refractivity (Wildman–Crippen MR) is 96.7 cm³/mol. The number of pyridine rings is 1. The van der Waals surface area contributed by atoms with Crippen molar-refractivity contribution in [3.05, 3.63) is 21.7 Å². The normalized spacial score (nSPS) is 20.3. The lowest BCUT2D eigenvalue weighted by Gasteiger charge is -2.18. The zero-order valence-corrected chi connectivity index (χ0v) is 14.8. The van der Waals surface area contributed by atoms with Crippen LogP contribution in [0.5, 0.6) is 0 Å². The van der Waals surface area contributed by atoms with Crippen LogP contribution in [0.25, 0.3) is 10.2 Å². The number of anilines is 1. The minimum Gasteiger partial charge on any atom is -0.397 e. The lowest BCUT2D eigenvalue weighted by Crippen LogP contribution is -2.31. The quantitative estimate of drug-likeness (QED) is 0.896. The lowest BCUT2D eigenvalue weighted by atomic mass is 9.89. The largest absolute Gasteiger partial charge is 0.397 e. The molecule has 0 spiro atoms. The maximum Gasteiger partial charge on any atom is 0.263 e. The molecular formula is C18H23N3O2S. The predicted octanol–water partition coefficient (Wildman–Crippen LogP) is 2.97. The van der Waals surface area contributed by atoms with Gasteiger partial charge < -0.3 is 15.8 Å². The number of ether oxygens (including phenoxy) is 1. The van der Waals surface area contributed by atoms with Crippen molar-refractivity contribution in [2.75, 3.05) is 18.9 Å². The molecule has 2 aromatic heterocycles. The first-order valence-corrected chi connectivity index (χ1v) is 9.57. The van der Waals surface area contributed by atoms with Crippen LogP contribution in [0.2, 0.25) is 0 Å². The molecule has 1 amide bonds. The molecule has 128 valence electrons. The molecule has 0 unspecified atom stereocenters. The molecular weight excluding hydrogens is 322 g/mol. The average Bonchev–Trinajstić information content (AvgIpc) is 3.21. The molecule has 1 saturated heterocycles. The SMILES string of the molecule is Cc1nc2sc(C(=O)NC[C@@H]3CCCO3)c(N)c2c2c1CCCC2. The van der Waals surface area contributed by atoms with Gasteiger partial charge in [0.25, 0.3) is 5.91 Å². The maximum atomic E-state index is 12.6. The summed E-state index contributed by atoms with van der Waals surface area (Å²) in [4.78, 5) is 18.8. The highest BCUT2D eigenvalue weighted by molar-refractivity contribution is 7.21. The van der Waals surface area contributed by atoms with Crippen molar-refractivity contribution in [3.63, 3.8) is 0 Å². The highest BCUT2D eigenvalue weighted by Gasteiger charge is 2.24. The summed E-state index contributed by atoms with van der Waals surface area (Å²) < 4.78 is 5.56. The second-order valence-corrected chi connectivity index (χ2v) is 7.73. The molecule has 0 saturated carbocycles. The minimum absolute atomic E-state index is 0.104. The van der Waals surface area contributed by atoms with Crippen molar-refractivity contribution >= 4 is 33.1 Å². The van der Waals surface area contributed by atoms with E-state index in [2.05, 4.69) is 12.2 Å². The Morgan fingerprint density at radius 1 is 1.33 bits per heavy atom. The third kappa shape index (κ3) is 2.67. The second-order valence-electron chi connectivity index (χ2n) is 6.73. The number of carbonyl (C=O) groups excluding carboxylic acids is 1. The van der Waals surface area contributed by atoms with E-state index in [0.29, 0.717) is 17.1 Å². The first kappa shape index (κ1) is 15.8. The summed E-state index contributed by atoms with van der Waals surface area (Å²) in [6.45, 7) is 3.41. The first-order valence-electron chi connectivity index (χ1n) is 8.75. The van der Waals surface area contributed by atoms with Crippen molar-refractivity contribution < 1.29 is 9.53 Å². The van der Waals surface area contributed by atoms with Gasteiger partial charge in [-0.05, 0) is 56.6 Å². The fourth-order valence-electron chi connectivity index (χ4n) is 3.86. The molecule has 4 rings (SSSR count). The topological polar surface area (TPSA) is 77.2 Å². The van der Waals surface area contributed by atoms with Crippen LogP contribution in [0.15, 0.2) is 0 Å². The van der Waals surface area contributed by atoms with Gasteiger partial charge in [-0.2, -0.15) is 0 Å². The smallest absolute Gasteiger partial charge is 0.263 e. The lowest BCUT2D eigenvalue weighted by molar-refractivity contribution is 0.0862. The number of nitrogens with two attached hydrogens (primary N) is 1. The van der Waals surface area contributed by atoms with E-state index < -0.39 is 0 Å². The molecule has 0 aromatic carbocycles. The van der Waals surface area contributed by atoms with Crippen LogP contribution in [0.4, 0.5) is 5.69 Å². The molecule has 2 aromatic rings. The number of nitrogen functional groups attached to an aromatic ring is 1. The van der Waals surface area contributed by atoms with Crippen LogP contribution in [-0.4, -0.2) is 30.1 Å². The van der Waals surface area contributed by atoms with Crippen LogP contribution in [0.1, 0.15) is 52.2 Å². The number of hydrogen-bond donors (Lipinski definition) is 2. The van der Waals surface area contributed by atoms with Gasteiger partial charge in [0.1, 0.15) is 9.71 Å². The Hall–Kier alpha value is -1.66. The van der Waals surface area contributed by atoms with E-state index in [9.17, 15) is 4.79 Å². The number of hydrogen-bond acceptors (Lipinski definition) is 5. The Labute approximate surface area is 145 Å². The number of aryl methyl sites for hydroxylation is 2. The van der Waals surface area contributed by atoms with E-state index in [0.717, 1.165) is 48.2 Å². The second kappa shape index (κ2) is 6.33. The molecule has 3 N–H and O–H groups in total. The van der Waals surface area contributed by atoms with Crippen LogP contribution in [0.3, 0.4) is 0 Å². The summed E-state index contributed by atoms with van der Waals surface area (Å²) in [5.74, 6) is -0.104. The number of aromatic nitrogens is 1. The third-order valence-electron chi connectivity index (χ3n) is 5.12. The summed E-state index contributed by atoms with van der Waals surface area (Å²) in [6, 6.07) is 0. The van der Waals surface area contributed by atoms with Gasteiger partial charge in [-0.3, -0.25) is 4.79 Å². The zero-order valence-electron chi connectivity index (χ0n) is 14.0. The fraction of sp³-hybridized carbons (Fsp3) is 0.556. The molecule has 2 aliphatic rings. The molecule has 0 radical (unpaired) electrons. The van der Waals surface area contributed by atoms with Gasteiger partial charge in [0.05, 0.1) is 11.8 Å². The molecule has 3 heterocycles. The highest BCUT2D eigenvalue weighted by Crippen LogP contribution is 2.39. The maximum absolute atomic E-state index is 12.6. The summed E-state index contributed by atoms with van der Waals surface area (Å²) in [5, 5.41) is 3.99. The van der Waals surface area contributed by atoms with Gasteiger partial charge in [-0.25, -0.2) is 4.98 Å². The molecule has 0 bridgehead atoms. The van der Waals surface area contributed by atoms with Crippen molar-refractivity contribution in [2.45, 2.75) is 51.6 Å². The Morgan fingerprint density at radius 3 is 2.88 bits per heavy atom. The molecule has 1 atom stereocenters. The molecule has 6 heteroatoms. The van der Waals surface area contributed by atoms with E-state index in [1.54, 1.807) is 0 Å². The molecule has 24 heavy (non-hydrogen) atoms. The number of thiophene rings is 1. The number of fused-ring (bicyclic) bond motifs is 3. The number of carbonyl (C=O) groups is 1. The third-order valence-corrected chi connectivity index (χ3v) is 6.22. The molecule has 1 aliphatic carbocycles. The Bertz CT molecular complexity index is 793. The Balaban J connectivity index is 1.66. The summed E-state index contributed by atoms with van der Waals surface area (Å²) in [7, 11) is 0. The molecule has 5 nitrogen and oxygen atoms in total. The Kier molecular flexibility index (Phi) is 4.18. The van der Waals surface area contributed by atoms with Crippen LogP contribution in [-0.2, 0) is 17.6 Å². The molecule has 1 fully saturated rings. The zero-order chi connectivity index (χ0) is 16.7. The average molecular weight is 345 g/mol. The highest BCUT2D eigenvalue weighted by atomic mass is 32.1. The van der Waals surface area contributed by atoms with Crippen LogP contribution < -0.4 is 11.1 Å². The van der Waals surface area contributed by atoms with E-state index in [-0.39, 0.29) is 12.0 Å². The van der Waals surface area contributed by atoms with E-state index >= 15 is 0 Å². The standard InChI is InChI=1S/C18H23N3O2S/c1-10-12-6-2-3-7-13(12)14-15(19)16(24-18(14)21-10)17(22)20-9-11-5-4-8-23-11/h11H,2-9,19H2,1H3,(H,20,22)/t11-/m0/s1. The van der Waals surface area contributed by atoms with Crippen molar-refractivity contribution in [1.29, 1.82) is 0 Å². The minimum atomic E-state index is -0.104. The van der Waals surface area contributed by atoms with Gasteiger partial charge in [0, 0.05) is 24.2 Å².